The zero-order valence-corrected chi connectivity index (χ0v) is 19.4. The quantitative estimate of drug-likeness (QED) is 0.421. The van der Waals surface area contributed by atoms with E-state index in [0.717, 1.165) is 36.8 Å². The lowest BCUT2D eigenvalue weighted by atomic mass is 9.48. The predicted octanol–water partition coefficient (Wildman–Crippen LogP) is 6.75. The molecular formula is C27H40O3. The fraction of sp³-hybridized carbons (Fsp3) is 0.741. The van der Waals surface area contributed by atoms with Crippen LogP contribution >= 0.6 is 0 Å². The van der Waals surface area contributed by atoms with Crippen LogP contribution in [0.1, 0.15) is 90.5 Å². The number of esters is 1. The van der Waals surface area contributed by atoms with Gasteiger partial charge in [0, 0.05) is 0 Å². The minimum Gasteiger partial charge on any atom is -0.482 e. The third kappa shape index (κ3) is 4.27. The lowest BCUT2D eigenvalue weighted by molar-refractivity contribution is -0.216. The summed E-state index contributed by atoms with van der Waals surface area (Å²) in [5, 5.41) is 0. The minimum atomic E-state index is -0.246. The Hall–Kier alpha value is -1.51. The van der Waals surface area contributed by atoms with Gasteiger partial charge in [0.15, 0.2) is 6.61 Å². The van der Waals surface area contributed by atoms with Gasteiger partial charge in [0.25, 0.3) is 0 Å². The molecule has 2 unspecified atom stereocenters. The van der Waals surface area contributed by atoms with Crippen molar-refractivity contribution in [2.45, 2.75) is 90.6 Å². The van der Waals surface area contributed by atoms with Crippen molar-refractivity contribution in [2.75, 3.05) is 6.61 Å². The van der Waals surface area contributed by atoms with Crippen LogP contribution in [0.25, 0.3) is 0 Å². The normalized spacial score (nSPS) is 33.9. The second-order valence-electron chi connectivity index (χ2n) is 10.6. The number of benzene rings is 1. The number of rotatable bonds is 9. The number of hydrogen-bond acceptors (Lipinski definition) is 3. The molecule has 4 fully saturated rings. The van der Waals surface area contributed by atoms with Crippen molar-refractivity contribution in [1.82, 2.24) is 0 Å². The summed E-state index contributed by atoms with van der Waals surface area (Å²) >= 11 is 0. The second-order valence-corrected chi connectivity index (χ2v) is 10.6. The van der Waals surface area contributed by atoms with Gasteiger partial charge in [0.2, 0.25) is 0 Å². The van der Waals surface area contributed by atoms with Crippen molar-refractivity contribution in [1.29, 1.82) is 0 Å². The van der Waals surface area contributed by atoms with E-state index in [1.54, 1.807) is 0 Å². The highest BCUT2D eigenvalue weighted by Gasteiger charge is 2.59. The first-order chi connectivity index (χ1) is 14.4. The SMILES string of the molecule is CCC(C)CC1(OC(=O)COc2ccc(C(C)CC)cc2)C2CC3CC(C2)CC1C3. The molecular weight excluding hydrogens is 372 g/mol. The van der Waals surface area contributed by atoms with Crippen molar-refractivity contribution >= 4 is 5.97 Å². The number of hydrogen-bond donors (Lipinski definition) is 0. The highest BCUT2D eigenvalue weighted by atomic mass is 16.6. The molecule has 166 valence electrons. The Morgan fingerprint density at radius 1 is 0.967 bits per heavy atom. The van der Waals surface area contributed by atoms with Crippen molar-refractivity contribution in [3.63, 3.8) is 0 Å². The van der Waals surface area contributed by atoms with Crippen LogP contribution < -0.4 is 4.74 Å². The molecule has 0 amide bonds. The summed E-state index contributed by atoms with van der Waals surface area (Å²) in [5.41, 5.74) is 1.07. The van der Waals surface area contributed by atoms with Crippen LogP contribution in [-0.2, 0) is 9.53 Å². The first-order valence-corrected chi connectivity index (χ1v) is 12.4. The second kappa shape index (κ2) is 8.93. The average molecular weight is 413 g/mol. The van der Waals surface area contributed by atoms with Crippen LogP contribution in [-0.4, -0.2) is 18.2 Å². The molecule has 1 aromatic carbocycles. The summed E-state index contributed by atoms with van der Waals surface area (Å²) in [5.74, 6) is 4.55. The van der Waals surface area contributed by atoms with Gasteiger partial charge in [-0.3, -0.25) is 0 Å². The lowest BCUT2D eigenvalue weighted by Gasteiger charge is -2.60. The molecule has 0 saturated heterocycles. The molecule has 0 spiro atoms. The number of ether oxygens (including phenoxy) is 2. The van der Waals surface area contributed by atoms with E-state index in [4.69, 9.17) is 9.47 Å². The Morgan fingerprint density at radius 3 is 2.10 bits per heavy atom. The summed E-state index contributed by atoms with van der Waals surface area (Å²) in [7, 11) is 0. The molecule has 1 aromatic rings. The van der Waals surface area contributed by atoms with Gasteiger partial charge < -0.3 is 9.47 Å². The van der Waals surface area contributed by atoms with E-state index in [0.29, 0.717) is 23.7 Å². The van der Waals surface area contributed by atoms with Crippen LogP contribution in [0.5, 0.6) is 5.75 Å². The third-order valence-electron chi connectivity index (χ3n) is 8.61. The van der Waals surface area contributed by atoms with Crippen molar-refractivity contribution in [2.24, 2.45) is 29.6 Å². The molecule has 4 bridgehead atoms. The Labute approximate surface area is 182 Å². The van der Waals surface area contributed by atoms with Gasteiger partial charge in [-0.05, 0) is 98.1 Å². The lowest BCUT2D eigenvalue weighted by Crippen LogP contribution is -2.60. The van der Waals surface area contributed by atoms with Crippen molar-refractivity contribution in [3.8, 4) is 5.75 Å². The van der Waals surface area contributed by atoms with E-state index in [-0.39, 0.29) is 18.2 Å². The molecule has 2 atom stereocenters. The first-order valence-electron chi connectivity index (χ1n) is 12.4. The molecule has 4 aliphatic carbocycles. The largest absolute Gasteiger partial charge is 0.482 e. The average Bonchev–Trinajstić information content (AvgIpc) is 2.75. The summed E-state index contributed by atoms with van der Waals surface area (Å²) in [6, 6.07) is 8.17. The van der Waals surface area contributed by atoms with Gasteiger partial charge in [0.1, 0.15) is 11.4 Å². The van der Waals surface area contributed by atoms with Crippen molar-refractivity contribution in [3.05, 3.63) is 29.8 Å². The standard InChI is InChI=1S/C27H40O3/c1-5-18(3)16-27(23-12-20-11-21(14-23)15-24(27)13-20)30-26(28)17-29-25-9-7-22(8-10-25)19(4)6-2/h7-10,18-21,23-24H,5-6,11-17H2,1-4H3. The van der Waals surface area contributed by atoms with E-state index in [1.807, 2.05) is 12.1 Å². The molecule has 0 aliphatic heterocycles. The predicted molar refractivity (Wildman–Crippen MR) is 121 cm³/mol. The monoisotopic (exact) mass is 412 g/mol. The Kier molecular flexibility index (Phi) is 6.46. The van der Waals surface area contributed by atoms with Gasteiger partial charge in [-0.25, -0.2) is 4.79 Å². The Bertz CT molecular complexity index is 694. The van der Waals surface area contributed by atoms with Crippen LogP contribution in [0.15, 0.2) is 24.3 Å². The fourth-order valence-corrected chi connectivity index (χ4v) is 6.72. The molecule has 0 N–H and O–H groups in total. The van der Waals surface area contributed by atoms with Gasteiger partial charge in [-0.15, -0.1) is 0 Å². The van der Waals surface area contributed by atoms with E-state index in [1.165, 1.54) is 37.7 Å². The highest BCUT2D eigenvalue weighted by Crippen LogP contribution is 2.61. The summed E-state index contributed by atoms with van der Waals surface area (Å²) in [4.78, 5) is 13.0. The molecule has 4 aliphatic rings. The molecule has 30 heavy (non-hydrogen) atoms. The van der Waals surface area contributed by atoms with Gasteiger partial charge in [0.05, 0.1) is 0 Å². The van der Waals surface area contributed by atoms with Crippen LogP contribution in [0.4, 0.5) is 0 Å². The smallest absolute Gasteiger partial charge is 0.344 e. The maximum absolute atomic E-state index is 13.0. The molecule has 0 aromatic heterocycles. The topological polar surface area (TPSA) is 35.5 Å². The van der Waals surface area contributed by atoms with E-state index in [2.05, 4.69) is 39.8 Å². The molecule has 3 heteroatoms. The molecule has 3 nitrogen and oxygen atoms in total. The molecule has 4 saturated carbocycles. The van der Waals surface area contributed by atoms with Crippen LogP contribution in [0.3, 0.4) is 0 Å². The maximum atomic E-state index is 13.0. The summed E-state index contributed by atoms with van der Waals surface area (Å²) in [6.07, 6.45) is 9.73. The zero-order valence-electron chi connectivity index (χ0n) is 19.4. The number of carbonyl (C=O) groups is 1. The van der Waals surface area contributed by atoms with E-state index < -0.39 is 0 Å². The third-order valence-corrected chi connectivity index (χ3v) is 8.61. The summed E-state index contributed by atoms with van der Waals surface area (Å²) in [6.45, 7) is 9.01. The Balaban J connectivity index is 1.41. The van der Waals surface area contributed by atoms with E-state index in [9.17, 15) is 4.79 Å². The maximum Gasteiger partial charge on any atom is 0.344 e. The van der Waals surface area contributed by atoms with Gasteiger partial charge in [-0.1, -0.05) is 46.2 Å². The molecule has 0 radical (unpaired) electrons. The number of carbonyl (C=O) groups excluding carboxylic acids is 1. The zero-order chi connectivity index (χ0) is 21.3. The summed E-state index contributed by atoms with van der Waals surface area (Å²) < 4.78 is 12.3. The molecule has 5 rings (SSSR count). The fourth-order valence-electron chi connectivity index (χ4n) is 6.72. The minimum absolute atomic E-state index is 0.0111. The van der Waals surface area contributed by atoms with Crippen LogP contribution in [0, 0.1) is 29.6 Å². The highest BCUT2D eigenvalue weighted by molar-refractivity contribution is 5.71. The van der Waals surface area contributed by atoms with Crippen LogP contribution in [0.2, 0.25) is 0 Å². The van der Waals surface area contributed by atoms with Gasteiger partial charge in [-0.2, -0.15) is 0 Å². The van der Waals surface area contributed by atoms with Crippen molar-refractivity contribution < 1.29 is 14.3 Å². The Morgan fingerprint density at radius 2 is 1.57 bits per heavy atom. The van der Waals surface area contributed by atoms with Gasteiger partial charge >= 0.3 is 5.97 Å². The first kappa shape index (κ1) is 21.7. The molecule has 0 heterocycles. The van der Waals surface area contributed by atoms with E-state index >= 15 is 0 Å².